The van der Waals surface area contributed by atoms with Gasteiger partial charge in [0.05, 0.1) is 3.57 Å². The molecule has 11 nitrogen and oxygen atoms in total. The number of carbonyl (C=O) groups excluding carboxylic acids is 5. The highest BCUT2D eigenvalue weighted by atomic mass is 127. The summed E-state index contributed by atoms with van der Waals surface area (Å²) in [7, 11) is 0. The van der Waals surface area contributed by atoms with E-state index in [0.29, 0.717) is 45.6 Å². The smallest absolute Gasteiger partial charge is 0.407 e. The molecule has 12 heteroatoms. The summed E-state index contributed by atoms with van der Waals surface area (Å²) >= 11 is 1.96. The molecule has 0 aromatic heterocycles. The number of nitrogens with zero attached hydrogens (tertiary/aromatic N) is 1. The zero-order chi connectivity index (χ0) is 27.8. The van der Waals surface area contributed by atoms with Gasteiger partial charge in [0.1, 0.15) is 17.4 Å². The molecule has 1 atom stereocenters. The minimum absolute atomic E-state index is 0.0394. The number of hydrogen-bond acceptors (Lipinski definition) is 8. The van der Waals surface area contributed by atoms with Gasteiger partial charge in [-0.15, -0.1) is 5.06 Å². The number of aryl methyl sites for hydroxylation is 1. The average Bonchev–Trinajstić information content (AvgIpc) is 3.10. The third-order valence-electron chi connectivity index (χ3n) is 5.31. The van der Waals surface area contributed by atoms with Crippen LogP contribution in [0.2, 0.25) is 0 Å². The molecule has 1 unspecified atom stereocenters. The topological polar surface area (TPSA) is 151 Å². The number of carbonyl (C=O) groups is 5. The molecule has 0 radical (unpaired) electrons. The van der Waals surface area contributed by atoms with E-state index < -0.39 is 41.4 Å². The fraction of sp³-hybridized carbons (Fsp3) is 0.560. The molecule has 1 fully saturated rings. The quantitative estimate of drug-likeness (QED) is 0.192. The Labute approximate surface area is 229 Å². The van der Waals surface area contributed by atoms with E-state index in [0.717, 1.165) is 0 Å². The molecular weight excluding hydrogens is 597 g/mol. The van der Waals surface area contributed by atoms with E-state index in [1.807, 2.05) is 22.6 Å². The van der Waals surface area contributed by atoms with Crippen molar-refractivity contribution in [3.05, 3.63) is 26.8 Å². The number of phenols is 1. The van der Waals surface area contributed by atoms with Crippen LogP contribution in [0.15, 0.2) is 12.1 Å². The minimum Gasteiger partial charge on any atom is -0.507 e. The van der Waals surface area contributed by atoms with Gasteiger partial charge in [0.2, 0.25) is 5.91 Å². The molecule has 1 heterocycles. The number of benzene rings is 1. The van der Waals surface area contributed by atoms with Crippen LogP contribution in [0.3, 0.4) is 0 Å². The molecule has 3 N–H and O–H groups in total. The summed E-state index contributed by atoms with van der Waals surface area (Å²) in [6, 6.07) is 2.22. The second-order valence-corrected chi connectivity index (χ2v) is 11.0. The van der Waals surface area contributed by atoms with Gasteiger partial charge in [-0.1, -0.05) is 12.5 Å². The van der Waals surface area contributed by atoms with Crippen LogP contribution in [0.25, 0.3) is 0 Å². The van der Waals surface area contributed by atoms with Gasteiger partial charge in [-0.3, -0.25) is 14.4 Å². The van der Waals surface area contributed by atoms with Gasteiger partial charge in [-0.2, -0.15) is 0 Å². The van der Waals surface area contributed by atoms with Crippen molar-refractivity contribution in [2.24, 2.45) is 0 Å². The maximum atomic E-state index is 12.9. The molecule has 204 valence electrons. The van der Waals surface area contributed by atoms with Gasteiger partial charge < -0.3 is 25.3 Å². The molecular formula is C25H34IN3O8. The summed E-state index contributed by atoms with van der Waals surface area (Å²) in [6.45, 7) is 7.45. The van der Waals surface area contributed by atoms with Gasteiger partial charge >= 0.3 is 12.1 Å². The first-order valence-electron chi connectivity index (χ1n) is 12.1. The summed E-state index contributed by atoms with van der Waals surface area (Å²) in [5.41, 5.74) is 0.686. The molecule has 1 aromatic carbocycles. The van der Waals surface area contributed by atoms with Crippen molar-refractivity contribution in [3.63, 3.8) is 0 Å². The molecule has 0 bridgehead atoms. The number of amides is 4. The first-order chi connectivity index (χ1) is 17.3. The Balaban J connectivity index is 1.92. The summed E-state index contributed by atoms with van der Waals surface area (Å²) in [4.78, 5) is 65.9. The number of unbranched alkanes of at least 4 members (excludes halogenated alkanes) is 2. The van der Waals surface area contributed by atoms with E-state index in [1.165, 1.54) is 0 Å². The lowest BCUT2D eigenvalue weighted by molar-refractivity contribution is -0.199. The minimum atomic E-state index is -1.15. The third-order valence-corrected chi connectivity index (χ3v) is 6.13. The first-order valence-corrected chi connectivity index (χ1v) is 13.2. The fourth-order valence-corrected chi connectivity index (χ4v) is 4.35. The molecule has 0 saturated carbocycles. The largest absolute Gasteiger partial charge is 0.507 e. The van der Waals surface area contributed by atoms with Gasteiger partial charge in [-0.25, -0.2) is 9.59 Å². The van der Waals surface area contributed by atoms with Crippen LogP contribution in [0.5, 0.6) is 5.75 Å². The van der Waals surface area contributed by atoms with Crippen LogP contribution in [0.4, 0.5) is 4.79 Å². The summed E-state index contributed by atoms with van der Waals surface area (Å²) < 4.78 is 5.74. The molecule has 1 aliphatic heterocycles. The van der Waals surface area contributed by atoms with Crippen LogP contribution in [-0.4, -0.2) is 58.1 Å². The Bertz CT molecular complexity index is 998. The number of ether oxygens (including phenoxy) is 1. The van der Waals surface area contributed by atoms with Crippen molar-refractivity contribution in [2.75, 3.05) is 6.54 Å². The lowest BCUT2D eigenvalue weighted by atomic mass is 10.0. The summed E-state index contributed by atoms with van der Waals surface area (Å²) in [5.74, 6) is -2.43. The molecule has 1 aromatic rings. The lowest BCUT2D eigenvalue weighted by Crippen LogP contribution is -2.46. The number of phenolic OH excluding ortho intramolecular Hbond substituents is 1. The van der Waals surface area contributed by atoms with Crippen LogP contribution in [0, 0.1) is 10.5 Å². The van der Waals surface area contributed by atoms with Gasteiger partial charge in [0.15, 0.2) is 0 Å². The van der Waals surface area contributed by atoms with Crippen LogP contribution in [0.1, 0.15) is 70.4 Å². The monoisotopic (exact) mass is 631 g/mol. The van der Waals surface area contributed by atoms with E-state index in [2.05, 4.69) is 10.6 Å². The standard InChI is InChI=1S/C25H34IN3O8/c1-15-12-16(13-17(26)22(15)33)14-18(23(34)37-29-20(31)9-10-21(29)32)28-19(30)8-6-5-7-11-27-24(35)36-25(2,3)4/h12-13,18,33H,5-11,14H2,1-4H3,(H,27,35)(H,28,30). The average molecular weight is 631 g/mol. The zero-order valence-electron chi connectivity index (χ0n) is 21.5. The van der Waals surface area contributed by atoms with Crippen molar-refractivity contribution in [3.8, 4) is 5.75 Å². The number of hydrogen-bond donors (Lipinski definition) is 3. The molecule has 1 aliphatic rings. The predicted octanol–water partition coefficient (Wildman–Crippen LogP) is 3.02. The Morgan fingerprint density at radius 3 is 2.35 bits per heavy atom. The van der Waals surface area contributed by atoms with Crippen LogP contribution in [-0.2, 0) is 35.2 Å². The van der Waals surface area contributed by atoms with E-state index in [-0.39, 0.29) is 31.4 Å². The maximum Gasteiger partial charge on any atom is 0.407 e. The predicted molar refractivity (Wildman–Crippen MR) is 141 cm³/mol. The maximum absolute atomic E-state index is 12.9. The normalized spacial score (nSPS) is 14.4. The molecule has 37 heavy (non-hydrogen) atoms. The molecule has 0 spiro atoms. The number of imide groups is 1. The van der Waals surface area contributed by atoms with E-state index >= 15 is 0 Å². The molecule has 1 saturated heterocycles. The van der Waals surface area contributed by atoms with Crippen molar-refractivity contribution in [1.82, 2.24) is 15.7 Å². The Hall–Kier alpha value is -2.90. The van der Waals surface area contributed by atoms with Crippen LogP contribution < -0.4 is 10.6 Å². The SMILES string of the molecule is Cc1cc(CC(NC(=O)CCCCCNC(=O)OC(C)(C)C)C(=O)ON2C(=O)CCC2=O)cc(I)c1O. The fourth-order valence-electron chi connectivity index (χ4n) is 3.52. The third kappa shape index (κ3) is 10.2. The zero-order valence-corrected chi connectivity index (χ0v) is 23.7. The van der Waals surface area contributed by atoms with Gasteiger partial charge in [0.25, 0.3) is 11.8 Å². The number of nitrogens with one attached hydrogen (secondary N) is 2. The summed E-state index contributed by atoms with van der Waals surface area (Å²) in [6.07, 6.45) is 1.40. The highest BCUT2D eigenvalue weighted by molar-refractivity contribution is 14.1. The number of aromatic hydroxyl groups is 1. The second-order valence-electron chi connectivity index (χ2n) is 9.80. The van der Waals surface area contributed by atoms with Crippen molar-refractivity contribution in [1.29, 1.82) is 0 Å². The Kier molecular flexibility index (Phi) is 11.1. The second kappa shape index (κ2) is 13.6. The highest BCUT2D eigenvalue weighted by Crippen LogP contribution is 2.26. The molecule has 2 rings (SSSR count). The first kappa shape index (κ1) is 30.3. The van der Waals surface area contributed by atoms with E-state index in [9.17, 15) is 29.1 Å². The van der Waals surface area contributed by atoms with Gasteiger partial charge in [-0.05, 0) is 80.3 Å². The van der Waals surface area contributed by atoms with Crippen LogP contribution >= 0.6 is 22.6 Å². The van der Waals surface area contributed by atoms with Crippen molar-refractivity contribution < 1.29 is 38.7 Å². The summed E-state index contributed by atoms with van der Waals surface area (Å²) in [5, 5.41) is 15.8. The number of alkyl carbamates (subject to hydrolysis) is 1. The van der Waals surface area contributed by atoms with E-state index in [1.54, 1.807) is 39.8 Å². The molecule has 4 amide bonds. The Morgan fingerprint density at radius 1 is 1.11 bits per heavy atom. The van der Waals surface area contributed by atoms with Crippen molar-refractivity contribution >= 4 is 52.4 Å². The Morgan fingerprint density at radius 2 is 1.76 bits per heavy atom. The van der Waals surface area contributed by atoms with Crippen molar-refractivity contribution in [2.45, 2.75) is 84.3 Å². The number of rotatable bonds is 11. The highest BCUT2D eigenvalue weighted by Gasteiger charge is 2.35. The van der Waals surface area contributed by atoms with E-state index in [4.69, 9.17) is 9.57 Å². The number of halogens is 1. The number of hydroxylamine groups is 2. The van der Waals surface area contributed by atoms with Gasteiger partial charge in [0, 0.05) is 32.2 Å². The lowest BCUT2D eigenvalue weighted by Gasteiger charge is -2.21. The molecule has 0 aliphatic carbocycles.